The Labute approximate surface area is 116 Å². The van der Waals surface area contributed by atoms with Gasteiger partial charge in [0.25, 0.3) is 0 Å². The van der Waals surface area contributed by atoms with E-state index in [1.165, 1.54) is 5.56 Å². The lowest BCUT2D eigenvalue weighted by Crippen LogP contribution is -2.49. The average Bonchev–Trinajstić information content (AvgIpc) is 2.41. The number of hydrogen-bond donors (Lipinski definition) is 1. The van der Waals surface area contributed by atoms with Crippen LogP contribution >= 0.6 is 0 Å². The zero-order chi connectivity index (χ0) is 13.8. The molecule has 1 saturated heterocycles. The van der Waals surface area contributed by atoms with Gasteiger partial charge in [-0.1, -0.05) is 44.2 Å². The fraction of sp³-hybridized carbons (Fsp3) is 0.625. The molecule has 1 N–H and O–H groups in total. The fourth-order valence-electron chi connectivity index (χ4n) is 2.62. The summed E-state index contributed by atoms with van der Waals surface area (Å²) in [6.45, 7) is 8.07. The number of piperazine rings is 1. The first-order valence-corrected chi connectivity index (χ1v) is 7.23. The van der Waals surface area contributed by atoms with Crippen molar-refractivity contribution in [1.82, 2.24) is 9.80 Å². The van der Waals surface area contributed by atoms with Crippen LogP contribution in [0, 0.1) is 5.92 Å². The Kier molecular flexibility index (Phi) is 4.97. The summed E-state index contributed by atoms with van der Waals surface area (Å²) >= 11 is 0. The minimum Gasteiger partial charge on any atom is -0.392 e. The van der Waals surface area contributed by atoms with Gasteiger partial charge in [-0.05, 0) is 18.5 Å². The van der Waals surface area contributed by atoms with Gasteiger partial charge >= 0.3 is 0 Å². The van der Waals surface area contributed by atoms with Gasteiger partial charge in [0.05, 0.1) is 6.10 Å². The molecule has 0 saturated carbocycles. The number of aliphatic hydroxyl groups excluding tert-OH is 1. The molecule has 1 aliphatic rings. The monoisotopic (exact) mass is 262 g/mol. The smallest absolute Gasteiger partial charge is 0.0690 e. The quantitative estimate of drug-likeness (QED) is 0.899. The van der Waals surface area contributed by atoms with Crippen LogP contribution in [-0.2, 0) is 0 Å². The second-order valence-electron chi connectivity index (χ2n) is 6.00. The topological polar surface area (TPSA) is 26.7 Å². The SMILES string of the molecule is CC(C)C(O)CN1CCN(C)CC1c1ccccc1. The third-order valence-electron chi connectivity index (χ3n) is 4.07. The van der Waals surface area contributed by atoms with Crippen LogP contribution in [0.1, 0.15) is 25.5 Å². The summed E-state index contributed by atoms with van der Waals surface area (Å²) in [6, 6.07) is 11.0. The third-order valence-corrected chi connectivity index (χ3v) is 4.07. The number of aliphatic hydroxyl groups is 1. The van der Waals surface area contributed by atoms with Gasteiger partial charge in [0.1, 0.15) is 0 Å². The van der Waals surface area contributed by atoms with Crippen molar-refractivity contribution in [2.45, 2.75) is 26.0 Å². The van der Waals surface area contributed by atoms with Gasteiger partial charge in [0.2, 0.25) is 0 Å². The molecule has 3 nitrogen and oxygen atoms in total. The number of benzene rings is 1. The number of rotatable bonds is 4. The van der Waals surface area contributed by atoms with Crippen molar-refractivity contribution in [2.24, 2.45) is 5.92 Å². The van der Waals surface area contributed by atoms with Gasteiger partial charge in [0, 0.05) is 32.2 Å². The van der Waals surface area contributed by atoms with Gasteiger partial charge < -0.3 is 10.0 Å². The van der Waals surface area contributed by atoms with Crippen LogP contribution in [0.3, 0.4) is 0 Å². The fourth-order valence-corrected chi connectivity index (χ4v) is 2.62. The zero-order valence-corrected chi connectivity index (χ0v) is 12.3. The second-order valence-corrected chi connectivity index (χ2v) is 6.00. The van der Waals surface area contributed by atoms with E-state index in [0.717, 1.165) is 26.2 Å². The first kappa shape index (κ1) is 14.5. The van der Waals surface area contributed by atoms with Gasteiger partial charge in [0.15, 0.2) is 0 Å². The van der Waals surface area contributed by atoms with E-state index in [1.54, 1.807) is 0 Å². The molecule has 0 bridgehead atoms. The molecule has 2 atom stereocenters. The minimum absolute atomic E-state index is 0.241. The number of β-amino-alcohol motifs (C(OH)–C–C–N with tert-alkyl or cyclic N) is 1. The minimum atomic E-state index is -0.241. The van der Waals surface area contributed by atoms with E-state index < -0.39 is 0 Å². The first-order valence-electron chi connectivity index (χ1n) is 7.23. The summed E-state index contributed by atoms with van der Waals surface area (Å²) < 4.78 is 0. The van der Waals surface area contributed by atoms with E-state index in [4.69, 9.17) is 0 Å². The lowest BCUT2D eigenvalue weighted by atomic mass is 10.00. The van der Waals surface area contributed by atoms with Crippen molar-refractivity contribution in [3.63, 3.8) is 0 Å². The van der Waals surface area contributed by atoms with Gasteiger partial charge in [-0.25, -0.2) is 0 Å². The Bertz CT molecular complexity index is 380. The molecular weight excluding hydrogens is 236 g/mol. The Morgan fingerprint density at radius 2 is 1.89 bits per heavy atom. The molecule has 0 amide bonds. The van der Waals surface area contributed by atoms with Crippen LogP contribution < -0.4 is 0 Å². The van der Waals surface area contributed by atoms with Crippen molar-refractivity contribution >= 4 is 0 Å². The molecule has 19 heavy (non-hydrogen) atoms. The first-order chi connectivity index (χ1) is 9.08. The van der Waals surface area contributed by atoms with E-state index >= 15 is 0 Å². The molecule has 0 radical (unpaired) electrons. The number of hydrogen-bond acceptors (Lipinski definition) is 3. The highest BCUT2D eigenvalue weighted by atomic mass is 16.3. The Morgan fingerprint density at radius 3 is 2.53 bits per heavy atom. The summed E-state index contributed by atoms with van der Waals surface area (Å²) in [6.07, 6.45) is -0.241. The molecule has 1 fully saturated rings. The van der Waals surface area contributed by atoms with Crippen molar-refractivity contribution in [3.8, 4) is 0 Å². The van der Waals surface area contributed by atoms with E-state index in [-0.39, 0.29) is 6.10 Å². The molecule has 2 rings (SSSR count). The molecular formula is C16H26N2O. The summed E-state index contributed by atoms with van der Waals surface area (Å²) in [5, 5.41) is 10.2. The molecule has 1 aromatic rings. The second kappa shape index (κ2) is 6.51. The molecule has 1 heterocycles. The summed E-state index contributed by atoms with van der Waals surface area (Å²) in [5.74, 6) is 0.316. The van der Waals surface area contributed by atoms with E-state index in [0.29, 0.717) is 12.0 Å². The molecule has 0 spiro atoms. The Hall–Kier alpha value is -0.900. The lowest BCUT2D eigenvalue weighted by molar-refractivity contribution is 0.0231. The summed E-state index contributed by atoms with van der Waals surface area (Å²) in [7, 11) is 2.17. The average molecular weight is 262 g/mol. The largest absolute Gasteiger partial charge is 0.392 e. The Morgan fingerprint density at radius 1 is 1.21 bits per heavy atom. The third kappa shape index (κ3) is 3.78. The number of nitrogens with zero attached hydrogens (tertiary/aromatic N) is 2. The summed E-state index contributed by atoms with van der Waals surface area (Å²) in [4.78, 5) is 4.80. The number of likely N-dealkylation sites (N-methyl/N-ethyl adjacent to an activating group) is 1. The highest BCUT2D eigenvalue weighted by molar-refractivity contribution is 5.20. The van der Waals surface area contributed by atoms with E-state index in [2.05, 4.69) is 61.0 Å². The van der Waals surface area contributed by atoms with Crippen molar-refractivity contribution in [2.75, 3.05) is 33.2 Å². The van der Waals surface area contributed by atoms with Crippen LogP contribution in [0.15, 0.2) is 30.3 Å². The van der Waals surface area contributed by atoms with Gasteiger partial charge in [-0.2, -0.15) is 0 Å². The van der Waals surface area contributed by atoms with Gasteiger partial charge in [-0.15, -0.1) is 0 Å². The van der Waals surface area contributed by atoms with Gasteiger partial charge in [-0.3, -0.25) is 4.90 Å². The van der Waals surface area contributed by atoms with Crippen molar-refractivity contribution in [1.29, 1.82) is 0 Å². The highest BCUT2D eigenvalue weighted by Crippen LogP contribution is 2.25. The van der Waals surface area contributed by atoms with Crippen molar-refractivity contribution < 1.29 is 5.11 Å². The van der Waals surface area contributed by atoms with Crippen LogP contribution in [0.25, 0.3) is 0 Å². The molecule has 2 unspecified atom stereocenters. The normalized spacial score (nSPS) is 23.7. The summed E-state index contributed by atoms with van der Waals surface area (Å²) in [5.41, 5.74) is 1.35. The van der Waals surface area contributed by atoms with Crippen molar-refractivity contribution in [3.05, 3.63) is 35.9 Å². The Balaban J connectivity index is 2.11. The van der Waals surface area contributed by atoms with Crippen LogP contribution in [0.2, 0.25) is 0 Å². The molecule has 0 aromatic heterocycles. The van der Waals surface area contributed by atoms with Crippen LogP contribution in [0.4, 0.5) is 0 Å². The van der Waals surface area contributed by atoms with E-state index in [1.807, 2.05) is 0 Å². The maximum Gasteiger partial charge on any atom is 0.0690 e. The lowest BCUT2D eigenvalue weighted by Gasteiger charge is -2.41. The van der Waals surface area contributed by atoms with E-state index in [9.17, 15) is 5.11 Å². The predicted molar refractivity (Wildman–Crippen MR) is 79.1 cm³/mol. The molecule has 3 heteroatoms. The molecule has 1 aliphatic heterocycles. The molecule has 0 aliphatic carbocycles. The molecule has 106 valence electrons. The van der Waals surface area contributed by atoms with Crippen LogP contribution in [-0.4, -0.2) is 54.2 Å². The molecule has 1 aromatic carbocycles. The standard InChI is InChI=1S/C16H26N2O/c1-13(2)16(19)12-18-10-9-17(3)11-15(18)14-7-5-4-6-8-14/h4-8,13,15-16,19H,9-12H2,1-3H3. The van der Waals surface area contributed by atoms with Crippen LogP contribution in [0.5, 0.6) is 0 Å². The highest BCUT2D eigenvalue weighted by Gasteiger charge is 2.28. The maximum absolute atomic E-state index is 10.2. The zero-order valence-electron chi connectivity index (χ0n) is 12.3. The predicted octanol–water partition coefficient (Wildman–Crippen LogP) is 1.99. The maximum atomic E-state index is 10.2.